The summed E-state index contributed by atoms with van der Waals surface area (Å²) in [7, 11) is 1.33. The Kier molecular flexibility index (Phi) is 6.26. The number of alkyl halides is 2. The van der Waals surface area contributed by atoms with Crippen LogP contribution in [-0.2, 0) is 22.6 Å². The number of aryl methyl sites for hydroxylation is 1. The first-order chi connectivity index (χ1) is 15.8. The quantitative estimate of drug-likeness (QED) is 0.517. The third-order valence-electron chi connectivity index (χ3n) is 5.73. The van der Waals surface area contributed by atoms with E-state index < -0.39 is 12.4 Å². The van der Waals surface area contributed by atoms with E-state index in [4.69, 9.17) is 4.74 Å². The molecule has 0 unspecified atom stereocenters. The second-order valence-corrected chi connectivity index (χ2v) is 8.13. The third-order valence-corrected chi connectivity index (χ3v) is 5.73. The summed E-state index contributed by atoms with van der Waals surface area (Å²) in [6.45, 7) is 3.74. The average molecular weight is 457 g/mol. The van der Waals surface area contributed by atoms with Crippen molar-refractivity contribution in [3.8, 4) is 0 Å². The zero-order valence-corrected chi connectivity index (χ0v) is 18.6. The molecule has 1 saturated carbocycles. The summed E-state index contributed by atoms with van der Waals surface area (Å²) < 4.78 is 34.1. The first kappa shape index (κ1) is 22.6. The van der Waals surface area contributed by atoms with Crippen molar-refractivity contribution in [2.75, 3.05) is 12.4 Å². The minimum atomic E-state index is -2.68. The van der Waals surface area contributed by atoms with E-state index in [1.165, 1.54) is 17.9 Å². The fourth-order valence-corrected chi connectivity index (χ4v) is 3.87. The number of hydrogen-bond acceptors (Lipinski definition) is 5. The van der Waals surface area contributed by atoms with E-state index in [2.05, 4.69) is 15.5 Å². The number of nitrogens with zero attached hydrogens (tertiary/aromatic N) is 4. The first-order valence-electron chi connectivity index (χ1n) is 10.6. The van der Waals surface area contributed by atoms with E-state index >= 15 is 0 Å². The van der Waals surface area contributed by atoms with Crippen LogP contribution in [0.25, 0.3) is 0 Å². The summed E-state index contributed by atoms with van der Waals surface area (Å²) >= 11 is 0. The van der Waals surface area contributed by atoms with Crippen LogP contribution < -0.4 is 5.32 Å². The summed E-state index contributed by atoms with van der Waals surface area (Å²) in [6, 6.07) is 8.48. The van der Waals surface area contributed by atoms with Crippen LogP contribution in [-0.4, -0.2) is 38.5 Å². The zero-order valence-electron chi connectivity index (χ0n) is 18.6. The number of esters is 1. The second-order valence-electron chi connectivity index (χ2n) is 8.13. The first-order valence-corrected chi connectivity index (χ1v) is 10.6. The number of amides is 1. The largest absolute Gasteiger partial charge is 0.465 e. The third kappa shape index (κ3) is 4.79. The van der Waals surface area contributed by atoms with Gasteiger partial charge in [0.1, 0.15) is 12.2 Å². The standard InChI is InChI=1S/C23H25F2N5O3/c1-13-21(14(2)29(27-13)11-16-6-4-5-7-17(16)23(32)33-3)26-20(31)12-30-19(15-8-9-15)10-18(28-30)22(24)25/h4-7,10,15,22H,8-9,11-12H2,1-3H3,(H,26,31). The minimum Gasteiger partial charge on any atom is -0.465 e. The van der Waals surface area contributed by atoms with Crippen molar-refractivity contribution in [2.24, 2.45) is 0 Å². The van der Waals surface area contributed by atoms with Gasteiger partial charge in [0.05, 0.1) is 36.3 Å². The van der Waals surface area contributed by atoms with Crippen molar-refractivity contribution in [2.45, 2.75) is 52.1 Å². The van der Waals surface area contributed by atoms with Crippen LogP contribution in [0.2, 0.25) is 0 Å². The van der Waals surface area contributed by atoms with Crippen LogP contribution >= 0.6 is 0 Å². The van der Waals surface area contributed by atoms with Gasteiger partial charge in [-0.05, 0) is 44.4 Å². The monoisotopic (exact) mass is 457 g/mol. The van der Waals surface area contributed by atoms with Crippen molar-refractivity contribution in [3.63, 3.8) is 0 Å². The summed E-state index contributed by atoms with van der Waals surface area (Å²) in [5.74, 6) is -0.630. The Hall–Kier alpha value is -3.56. The van der Waals surface area contributed by atoms with E-state index in [0.717, 1.165) is 18.4 Å². The Morgan fingerprint density at radius 2 is 1.91 bits per heavy atom. The maximum absolute atomic E-state index is 13.1. The van der Waals surface area contributed by atoms with Crippen molar-refractivity contribution < 1.29 is 23.1 Å². The molecule has 2 aromatic heterocycles. The van der Waals surface area contributed by atoms with Crippen molar-refractivity contribution in [1.29, 1.82) is 0 Å². The van der Waals surface area contributed by atoms with Crippen molar-refractivity contribution in [1.82, 2.24) is 19.6 Å². The maximum atomic E-state index is 13.1. The number of ether oxygens (including phenoxy) is 1. The zero-order chi connectivity index (χ0) is 23.7. The lowest BCUT2D eigenvalue weighted by Gasteiger charge is -2.11. The predicted octanol–water partition coefficient (Wildman–Crippen LogP) is 3.99. The average Bonchev–Trinajstić information content (AvgIpc) is 3.50. The Morgan fingerprint density at radius 3 is 2.58 bits per heavy atom. The SMILES string of the molecule is COC(=O)c1ccccc1Cn1nc(C)c(NC(=O)Cn2nc(C(F)F)cc2C2CC2)c1C. The number of nitrogens with one attached hydrogen (secondary N) is 1. The van der Waals surface area contributed by atoms with Crippen LogP contribution in [0.1, 0.15) is 63.9 Å². The summed E-state index contributed by atoms with van der Waals surface area (Å²) in [6.07, 6.45) is -0.857. The molecule has 0 radical (unpaired) electrons. The van der Waals surface area contributed by atoms with Gasteiger partial charge >= 0.3 is 5.97 Å². The molecule has 1 aromatic carbocycles. The fraction of sp³-hybridized carbons (Fsp3) is 0.391. The molecule has 4 rings (SSSR count). The van der Waals surface area contributed by atoms with Crippen LogP contribution in [0, 0.1) is 13.8 Å². The van der Waals surface area contributed by atoms with E-state index in [1.54, 1.807) is 23.7 Å². The molecular formula is C23H25F2N5O3. The van der Waals surface area contributed by atoms with Crippen molar-refractivity contribution in [3.05, 3.63) is 64.2 Å². The fourth-order valence-electron chi connectivity index (χ4n) is 3.87. The van der Waals surface area contributed by atoms with Gasteiger partial charge in [0.15, 0.2) is 0 Å². The number of halogens is 2. The number of benzene rings is 1. The Balaban J connectivity index is 1.52. The highest BCUT2D eigenvalue weighted by Crippen LogP contribution is 2.41. The molecule has 1 amide bonds. The number of methoxy groups -OCH3 is 1. The Labute approximate surface area is 189 Å². The van der Waals surface area contributed by atoms with E-state index in [9.17, 15) is 18.4 Å². The number of anilines is 1. The molecule has 3 aromatic rings. The van der Waals surface area contributed by atoms with Crippen LogP contribution in [0.5, 0.6) is 0 Å². The molecule has 0 saturated heterocycles. The summed E-state index contributed by atoms with van der Waals surface area (Å²) in [5, 5.41) is 11.3. The lowest BCUT2D eigenvalue weighted by Crippen LogP contribution is -2.21. The van der Waals surface area contributed by atoms with Gasteiger partial charge in [-0.1, -0.05) is 18.2 Å². The highest BCUT2D eigenvalue weighted by molar-refractivity contribution is 5.92. The topological polar surface area (TPSA) is 91.0 Å². The van der Waals surface area contributed by atoms with Gasteiger partial charge in [-0.25, -0.2) is 13.6 Å². The summed E-state index contributed by atoms with van der Waals surface area (Å²) in [5.41, 5.74) is 3.39. The van der Waals surface area contributed by atoms with Gasteiger partial charge in [0, 0.05) is 11.6 Å². The molecule has 0 spiro atoms. The predicted molar refractivity (Wildman–Crippen MR) is 116 cm³/mol. The van der Waals surface area contributed by atoms with Crippen LogP contribution in [0.15, 0.2) is 30.3 Å². The highest BCUT2D eigenvalue weighted by atomic mass is 19.3. The lowest BCUT2D eigenvalue weighted by molar-refractivity contribution is -0.117. The van der Waals surface area contributed by atoms with Crippen molar-refractivity contribution >= 4 is 17.6 Å². The number of hydrogen-bond donors (Lipinski definition) is 1. The molecule has 8 nitrogen and oxygen atoms in total. The molecule has 0 atom stereocenters. The van der Waals surface area contributed by atoms with Gasteiger partial charge in [-0.15, -0.1) is 0 Å². The van der Waals surface area contributed by atoms with Gasteiger partial charge in [-0.2, -0.15) is 10.2 Å². The molecule has 10 heteroatoms. The Morgan fingerprint density at radius 1 is 1.18 bits per heavy atom. The molecule has 1 fully saturated rings. The molecular weight excluding hydrogens is 432 g/mol. The van der Waals surface area contributed by atoms with Crippen LogP contribution in [0.3, 0.4) is 0 Å². The van der Waals surface area contributed by atoms with E-state index in [0.29, 0.717) is 34.9 Å². The normalized spacial score (nSPS) is 13.4. The molecule has 174 valence electrons. The smallest absolute Gasteiger partial charge is 0.338 e. The minimum absolute atomic E-state index is 0.159. The van der Waals surface area contributed by atoms with Gasteiger partial charge < -0.3 is 10.1 Å². The Bertz CT molecular complexity index is 1200. The number of rotatable bonds is 8. The maximum Gasteiger partial charge on any atom is 0.338 e. The molecule has 0 bridgehead atoms. The second kappa shape index (κ2) is 9.13. The summed E-state index contributed by atoms with van der Waals surface area (Å²) in [4.78, 5) is 24.8. The van der Waals surface area contributed by atoms with Crippen LogP contribution in [0.4, 0.5) is 14.5 Å². The molecule has 33 heavy (non-hydrogen) atoms. The highest BCUT2D eigenvalue weighted by Gasteiger charge is 2.30. The number of carbonyl (C=O) groups excluding carboxylic acids is 2. The van der Waals surface area contributed by atoms with E-state index in [1.807, 2.05) is 19.1 Å². The molecule has 1 aliphatic rings. The molecule has 2 heterocycles. The number of carbonyl (C=O) groups is 2. The van der Waals surface area contributed by atoms with Gasteiger partial charge in [-0.3, -0.25) is 14.2 Å². The molecule has 1 aliphatic carbocycles. The van der Waals surface area contributed by atoms with Gasteiger partial charge in [0.25, 0.3) is 6.43 Å². The van der Waals surface area contributed by atoms with Gasteiger partial charge in [0.2, 0.25) is 5.91 Å². The molecule has 0 aliphatic heterocycles. The lowest BCUT2D eigenvalue weighted by atomic mass is 10.1. The number of aromatic nitrogens is 4. The molecule has 1 N–H and O–H groups in total. The van der Waals surface area contributed by atoms with E-state index in [-0.39, 0.29) is 24.1 Å².